The van der Waals surface area contributed by atoms with Gasteiger partial charge in [-0.15, -0.1) is 25.6 Å². The fourth-order valence-electron chi connectivity index (χ4n) is 4.78. The van der Waals surface area contributed by atoms with E-state index in [0.29, 0.717) is 37.1 Å². The Morgan fingerprint density at radius 1 is 1.08 bits per heavy atom. The van der Waals surface area contributed by atoms with Crippen LogP contribution in [0.15, 0.2) is 36.4 Å². The molecule has 1 fully saturated rings. The van der Waals surface area contributed by atoms with Crippen LogP contribution >= 0.6 is 12.4 Å². The average Bonchev–Trinajstić information content (AvgIpc) is 3.40. The van der Waals surface area contributed by atoms with Crippen molar-refractivity contribution in [2.75, 3.05) is 18.5 Å². The maximum Gasteiger partial charge on any atom is 0.573 e. The summed E-state index contributed by atoms with van der Waals surface area (Å²) < 4.78 is 54.0. The van der Waals surface area contributed by atoms with Crippen LogP contribution in [0.4, 0.5) is 18.9 Å². The molecule has 2 aromatic carbocycles. The van der Waals surface area contributed by atoms with Crippen molar-refractivity contribution in [1.82, 2.24) is 4.90 Å². The van der Waals surface area contributed by atoms with Crippen LogP contribution in [0.2, 0.25) is 0 Å². The highest BCUT2D eigenvalue weighted by Crippen LogP contribution is 2.36. The number of carboxylic acid groups (broad SMARTS) is 1. The van der Waals surface area contributed by atoms with Gasteiger partial charge in [-0.05, 0) is 81.6 Å². The number of likely N-dealkylation sites (tertiary alicyclic amines) is 1. The highest BCUT2D eigenvalue weighted by atomic mass is 35.5. The summed E-state index contributed by atoms with van der Waals surface area (Å²) in [5.74, 6) is -0.994. The summed E-state index contributed by atoms with van der Waals surface area (Å²) in [5.41, 5.74) is 2.12. The van der Waals surface area contributed by atoms with Crippen molar-refractivity contribution in [3.8, 4) is 17.2 Å². The number of ether oxygens (including phenoxy) is 3. The number of aliphatic carboxylic acids is 1. The van der Waals surface area contributed by atoms with E-state index in [1.165, 1.54) is 12.1 Å². The third-order valence-electron chi connectivity index (χ3n) is 6.48. The summed E-state index contributed by atoms with van der Waals surface area (Å²) in [6.07, 6.45) is -3.67. The molecule has 0 radical (unpaired) electrons. The maximum absolute atomic E-state index is 13.2. The predicted octanol–water partition coefficient (Wildman–Crippen LogP) is 4.81. The Labute approximate surface area is 224 Å². The summed E-state index contributed by atoms with van der Waals surface area (Å²) in [6.45, 7) is 3.89. The Kier molecular flexibility index (Phi) is 9.04. The number of halogens is 4. The van der Waals surface area contributed by atoms with E-state index in [1.54, 1.807) is 48.9 Å². The molecule has 4 rings (SSSR count). The number of hydrogen-bond donors (Lipinski definition) is 1. The Bertz CT molecular complexity index is 1180. The number of nitrogens with zero attached hydrogens (tertiary/aromatic N) is 2. The van der Waals surface area contributed by atoms with Gasteiger partial charge in [0, 0.05) is 12.2 Å². The zero-order chi connectivity index (χ0) is 26.9. The highest BCUT2D eigenvalue weighted by molar-refractivity contribution is 5.99. The number of carboxylic acids is 1. The second kappa shape index (κ2) is 11.7. The molecule has 8 nitrogen and oxygen atoms in total. The Balaban J connectivity index is 0.00000400. The van der Waals surface area contributed by atoms with Crippen molar-refractivity contribution >= 4 is 30.0 Å². The number of carbonyl (C=O) groups excluding carboxylic acids is 1. The molecule has 12 heteroatoms. The van der Waals surface area contributed by atoms with Gasteiger partial charge in [0.2, 0.25) is 5.91 Å². The summed E-state index contributed by atoms with van der Waals surface area (Å²) in [7, 11) is 1.66. The topological polar surface area (TPSA) is 88.5 Å². The minimum absolute atomic E-state index is 0. The Morgan fingerprint density at radius 3 is 2.42 bits per heavy atom. The monoisotopic (exact) mass is 558 g/mol. The normalized spacial score (nSPS) is 19.2. The molecule has 0 aliphatic carbocycles. The van der Waals surface area contributed by atoms with Crippen molar-refractivity contribution in [3.05, 3.63) is 47.5 Å². The molecular weight excluding hydrogens is 529 g/mol. The molecule has 2 heterocycles. The van der Waals surface area contributed by atoms with Crippen LogP contribution in [0.25, 0.3) is 0 Å². The molecule has 0 bridgehead atoms. The van der Waals surface area contributed by atoms with E-state index in [4.69, 9.17) is 9.47 Å². The molecule has 1 N–H and O–H groups in total. The molecule has 208 valence electrons. The lowest BCUT2D eigenvalue weighted by atomic mass is 10.1. The minimum Gasteiger partial charge on any atom is -0.489 e. The molecule has 1 amide bonds. The number of benzene rings is 2. The molecule has 2 aliphatic heterocycles. The van der Waals surface area contributed by atoms with Crippen molar-refractivity contribution in [3.63, 3.8) is 0 Å². The highest BCUT2D eigenvalue weighted by Gasteiger charge is 2.42. The molecular formula is C26H30ClF3N2O6. The summed E-state index contributed by atoms with van der Waals surface area (Å²) in [4.78, 5) is 27.9. The average molecular weight is 559 g/mol. The third-order valence-corrected chi connectivity index (χ3v) is 6.48. The van der Waals surface area contributed by atoms with Crippen LogP contribution in [0.5, 0.6) is 17.2 Å². The number of alkyl halides is 3. The number of carbonyl (C=O) groups is 2. The fraction of sp³-hybridized carbons (Fsp3) is 0.462. The second-order valence-corrected chi connectivity index (χ2v) is 9.43. The van der Waals surface area contributed by atoms with Crippen molar-refractivity contribution in [2.45, 2.75) is 64.3 Å². The quantitative estimate of drug-likeness (QED) is 0.497. The number of anilines is 1. The first-order valence-electron chi connectivity index (χ1n) is 12.0. The number of fused-ring (bicyclic) bond motifs is 1. The standard InChI is InChI=1S/C26H29F3N2O6.ClH/c1-15(2)36-22-9-4-16(12-23(22)37-26(27,28)29)14-35-18-5-6-19-17(13-18)10-11-31(19)24(32)20-7-8-21(25(33)34)30(20)3;/h4-6,9,12-13,15,20-21H,7-8,10-11,14H2,1-3H3,(H,33,34);1H/t20-,21-;/m0./s1. The smallest absolute Gasteiger partial charge is 0.489 e. The lowest BCUT2D eigenvalue weighted by molar-refractivity contribution is -0.275. The lowest BCUT2D eigenvalue weighted by Gasteiger charge is -2.27. The predicted molar refractivity (Wildman–Crippen MR) is 135 cm³/mol. The fourth-order valence-corrected chi connectivity index (χ4v) is 4.78. The van der Waals surface area contributed by atoms with Crippen LogP contribution in [0.1, 0.15) is 37.8 Å². The van der Waals surface area contributed by atoms with E-state index in [2.05, 4.69) is 4.74 Å². The Morgan fingerprint density at radius 2 is 1.79 bits per heavy atom. The van der Waals surface area contributed by atoms with Gasteiger partial charge >= 0.3 is 12.3 Å². The molecule has 0 saturated carbocycles. The van der Waals surface area contributed by atoms with E-state index in [1.807, 2.05) is 6.07 Å². The number of amides is 1. The molecule has 0 spiro atoms. The van der Waals surface area contributed by atoms with Crippen LogP contribution in [0, 0.1) is 0 Å². The zero-order valence-corrected chi connectivity index (χ0v) is 22.0. The summed E-state index contributed by atoms with van der Waals surface area (Å²) in [6, 6.07) is 8.39. The van der Waals surface area contributed by atoms with E-state index in [9.17, 15) is 27.9 Å². The number of likely N-dealkylation sites (N-methyl/N-ethyl adjacent to an activating group) is 1. The van der Waals surface area contributed by atoms with Crippen molar-refractivity contribution in [2.24, 2.45) is 0 Å². The van der Waals surface area contributed by atoms with Gasteiger partial charge in [0.1, 0.15) is 18.4 Å². The van der Waals surface area contributed by atoms with Crippen molar-refractivity contribution < 1.29 is 42.1 Å². The molecule has 0 aromatic heterocycles. The van der Waals surface area contributed by atoms with Crippen LogP contribution < -0.4 is 19.1 Å². The third kappa shape index (κ3) is 6.63. The van der Waals surface area contributed by atoms with Gasteiger partial charge in [-0.1, -0.05) is 6.07 Å². The first-order chi connectivity index (χ1) is 17.4. The van der Waals surface area contributed by atoms with Gasteiger partial charge in [-0.3, -0.25) is 14.5 Å². The van der Waals surface area contributed by atoms with E-state index in [0.717, 1.165) is 11.3 Å². The van der Waals surface area contributed by atoms with Gasteiger partial charge in [0.15, 0.2) is 11.5 Å². The minimum atomic E-state index is -4.86. The Hall–Kier alpha value is -3.18. The van der Waals surface area contributed by atoms with Gasteiger partial charge in [0.25, 0.3) is 0 Å². The zero-order valence-electron chi connectivity index (χ0n) is 21.2. The summed E-state index contributed by atoms with van der Waals surface area (Å²) >= 11 is 0. The molecule has 2 aliphatic rings. The second-order valence-electron chi connectivity index (χ2n) is 9.43. The summed E-state index contributed by atoms with van der Waals surface area (Å²) in [5, 5.41) is 9.34. The van der Waals surface area contributed by atoms with Crippen LogP contribution in [-0.2, 0) is 22.6 Å². The SMILES string of the molecule is CC(C)Oc1ccc(COc2ccc3c(c2)CCN3C(=O)[C@@H]2CC[C@@H](C(=O)O)N2C)cc1OC(F)(F)F.Cl. The van der Waals surface area contributed by atoms with Gasteiger partial charge in [-0.2, -0.15) is 0 Å². The first kappa shape index (κ1) is 29.4. The number of hydrogen-bond acceptors (Lipinski definition) is 6. The molecule has 0 unspecified atom stereocenters. The number of rotatable bonds is 8. The van der Waals surface area contributed by atoms with Gasteiger partial charge in [-0.25, -0.2) is 0 Å². The van der Waals surface area contributed by atoms with Crippen LogP contribution in [0.3, 0.4) is 0 Å². The van der Waals surface area contributed by atoms with Gasteiger partial charge in [0.05, 0.1) is 12.1 Å². The first-order valence-corrected chi connectivity index (χ1v) is 12.0. The lowest BCUT2D eigenvalue weighted by Crippen LogP contribution is -2.47. The van der Waals surface area contributed by atoms with Crippen LogP contribution in [-0.4, -0.2) is 60.0 Å². The van der Waals surface area contributed by atoms with E-state index >= 15 is 0 Å². The van der Waals surface area contributed by atoms with E-state index < -0.39 is 30.2 Å². The molecule has 2 atom stereocenters. The largest absolute Gasteiger partial charge is 0.573 e. The van der Waals surface area contributed by atoms with Gasteiger partial charge < -0.3 is 24.2 Å². The molecule has 2 aromatic rings. The van der Waals surface area contributed by atoms with Crippen molar-refractivity contribution in [1.29, 1.82) is 0 Å². The van der Waals surface area contributed by atoms with E-state index in [-0.39, 0.29) is 36.8 Å². The molecule has 38 heavy (non-hydrogen) atoms. The maximum atomic E-state index is 13.2. The molecule has 1 saturated heterocycles.